The maximum absolute atomic E-state index is 13.1. The van der Waals surface area contributed by atoms with Gasteiger partial charge in [0.2, 0.25) is 15.9 Å². The van der Waals surface area contributed by atoms with Crippen LogP contribution in [-0.2, 0) is 14.8 Å². The van der Waals surface area contributed by atoms with Gasteiger partial charge in [-0.1, -0.05) is 13.3 Å². The molecular weight excluding hydrogens is 430 g/mol. The van der Waals surface area contributed by atoms with Crippen LogP contribution < -0.4 is 14.8 Å². The molecule has 1 N–H and O–H groups in total. The average molecular weight is 466 g/mol. The van der Waals surface area contributed by atoms with Gasteiger partial charge in [0.05, 0.1) is 4.90 Å². The zero-order valence-corrected chi connectivity index (χ0v) is 19.7. The first-order valence-electron chi connectivity index (χ1n) is 11.9. The van der Waals surface area contributed by atoms with E-state index in [1.54, 1.807) is 12.1 Å². The summed E-state index contributed by atoms with van der Waals surface area (Å²) >= 11 is 0. The summed E-state index contributed by atoms with van der Waals surface area (Å²) < 4.78 is 38.7. The normalized spacial score (nSPS) is 21.4. The van der Waals surface area contributed by atoms with Crippen molar-refractivity contribution in [2.75, 3.05) is 45.9 Å². The van der Waals surface area contributed by atoms with Crippen LogP contribution in [0.2, 0.25) is 0 Å². The number of likely N-dealkylation sites (tertiary alicyclic amines) is 1. The van der Waals surface area contributed by atoms with Crippen LogP contribution in [0.3, 0.4) is 0 Å². The van der Waals surface area contributed by atoms with Gasteiger partial charge < -0.3 is 19.7 Å². The van der Waals surface area contributed by atoms with E-state index in [0.717, 1.165) is 32.5 Å². The molecule has 2 saturated heterocycles. The van der Waals surface area contributed by atoms with E-state index in [2.05, 4.69) is 17.1 Å². The highest BCUT2D eigenvalue weighted by molar-refractivity contribution is 7.89. The fraction of sp³-hybridized carbons (Fsp3) is 0.696. The van der Waals surface area contributed by atoms with Crippen LogP contribution in [0, 0.1) is 5.92 Å². The van der Waals surface area contributed by atoms with Crippen LogP contribution in [-0.4, -0.2) is 75.5 Å². The van der Waals surface area contributed by atoms with Crippen molar-refractivity contribution in [2.45, 2.75) is 56.4 Å². The molecule has 1 amide bonds. The summed E-state index contributed by atoms with van der Waals surface area (Å²) in [5.74, 6) is 0.988. The second kappa shape index (κ2) is 10.4. The Bertz CT molecular complexity index is 891. The lowest BCUT2D eigenvalue weighted by Gasteiger charge is -2.34. The Morgan fingerprint density at radius 1 is 1.03 bits per heavy atom. The van der Waals surface area contributed by atoms with E-state index < -0.39 is 10.0 Å². The Morgan fingerprint density at radius 3 is 2.41 bits per heavy atom. The van der Waals surface area contributed by atoms with Crippen LogP contribution in [0.1, 0.15) is 45.4 Å². The summed E-state index contributed by atoms with van der Waals surface area (Å²) in [7, 11) is -3.63. The maximum atomic E-state index is 13.1. The number of sulfonamides is 1. The third kappa shape index (κ3) is 5.38. The Hall–Kier alpha value is -1.84. The molecule has 0 saturated carbocycles. The van der Waals surface area contributed by atoms with Gasteiger partial charge in [-0.15, -0.1) is 0 Å². The molecule has 9 heteroatoms. The molecule has 3 aliphatic heterocycles. The molecule has 0 bridgehead atoms. The van der Waals surface area contributed by atoms with Crippen molar-refractivity contribution < 1.29 is 22.7 Å². The van der Waals surface area contributed by atoms with Gasteiger partial charge in [0.1, 0.15) is 13.2 Å². The Kier molecular flexibility index (Phi) is 7.58. The molecular formula is C23H35N3O5S. The van der Waals surface area contributed by atoms with E-state index in [0.29, 0.717) is 50.6 Å². The molecule has 0 spiro atoms. The quantitative estimate of drug-likeness (QED) is 0.665. The highest BCUT2D eigenvalue weighted by Crippen LogP contribution is 2.34. The average Bonchev–Trinajstić information content (AvgIpc) is 2.83. The van der Waals surface area contributed by atoms with E-state index in [9.17, 15) is 13.2 Å². The standard InChI is InChI=1S/C23H35N3O5S/c1-2-3-10-25-11-8-19(9-12-25)24-23(27)18-6-13-26(14-7-18)32(28,29)20-4-5-21-22(17-20)31-16-15-30-21/h4-5,17-19H,2-3,6-16H2,1H3,(H,24,27). The summed E-state index contributed by atoms with van der Waals surface area (Å²) in [5.41, 5.74) is 0. The predicted molar refractivity (Wildman–Crippen MR) is 121 cm³/mol. The first-order chi connectivity index (χ1) is 15.5. The van der Waals surface area contributed by atoms with Gasteiger partial charge in [-0.2, -0.15) is 4.31 Å². The molecule has 1 aromatic carbocycles. The zero-order chi connectivity index (χ0) is 22.6. The number of hydrogen-bond acceptors (Lipinski definition) is 6. The number of fused-ring (bicyclic) bond motifs is 1. The van der Waals surface area contributed by atoms with Crippen LogP contribution in [0.15, 0.2) is 23.1 Å². The summed E-state index contributed by atoms with van der Waals surface area (Å²) in [6.07, 6.45) is 5.51. The smallest absolute Gasteiger partial charge is 0.243 e. The lowest BCUT2D eigenvalue weighted by atomic mass is 9.96. The number of carbonyl (C=O) groups is 1. The van der Waals surface area contributed by atoms with Crippen molar-refractivity contribution in [3.05, 3.63) is 18.2 Å². The summed E-state index contributed by atoms with van der Waals surface area (Å²) in [6, 6.07) is 4.99. The molecule has 0 aromatic heterocycles. The first kappa shape index (κ1) is 23.3. The Balaban J connectivity index is 1.27. The van der Waals surface area contributed by atoms with Crippen LogP contribution >= 0.6 is 0 Å². The SMILES string of the molecule is CCCCN1CCC(NC(=O)C2CCN(S(=O)(=O)c3ccc4c(c3)OCCO4)CC2)CC1. The topological polar surface area (TPSA) is 88.2 Å². The minimum atomic E-state index is -3.63. The number of nitrogens with zero attached hydrogens (tertiary/aromatic N) is 2. The van der Waals surface area contributed by atoms with Crippen molar-refractivity contribution in [1.29, 1.82) is 0 Å². The number of benzene rings is 1. The number of nitrogens with one attached hydrogen (secondary N) is 1. The monoisotopic (exact) mass is 465 g/mol. The zero-order valence-electron chi connectivity index (χ0n) is 18.9. The van der Waals surface area contributed by atoms with Gasteiger partial charge in [-0.25, -0.2) is 8.42 Å². The van der Waals surface area contributed by atoms with E-state index in [4.69, 9.17) is 9.47 Å². The number of rotatable bonds is 7. The molecule has 4 rings (SSSR count). The lowest BCUT2D eigenvalue weighted by Crippen LogP contribution is -2.48. The number of ether oxygens (including phenoxy) is 2. The number of carbonyl (C=O) groups excluding carboxylic acids is 1. The maximum Gasteiger partial charge on any atom is 0.243 e. The molecule has 0 radical (unpaired) electrons. The van der Waals surface area contributed by atoms with Crippen molar-refractivity contribution in [1.82, 2.24) is 14.5 Å². The summed E-state index contributed by atoms with van der Waals surface area (Å²) in [4.78, 5) is 15.5. The molecule has 3 heterocycles. The summed E-state index contributed by atoms with van der Waals surface area (Å²) in [6.45, 7) is 7.01. The van der Waals surface area contributed by atoms with Gasteiger partial charge in [-0.3, -0.25) is 4.79 Å². The van der Waals surface area contributed by atoms with Crippen LogP contribution in [0.25, 0.3) is 0 Å². The summed E-state index contributed by atoms with van der Waals surface area (Å²) in [5, 5.41) is 3.22. The molecule has 32 heavy (non-hydrogen) atoms. The van der Waals surface area contributed by atoms with Crippen molar-refractivity contribution in [3.8, 4) is 11.5 Å². The fourth-order valence-electron chi connectivity index (χ4n) is 4.69. The number of amides is 1. The molecule has 178 valence electrons. The minimum absolute atomic E-state index is 0.0772. The van der Waals surface area contributed by atoms with Crippen molar-refractivity contribution >= 4 is 15.9 Å². The fourth-order valence-corrected chi connectivity index (χ4v) is 6.18. The third-order valence-corrected chi connectivity index (χ3v) is 8.63. The number of piperidine rings is 2. The predicted octanol–water partition coefficient (Wildman–Crippen LogP) is 2.24. The van der Waals surface area contributed by atoms with Crippen molar-refractivity contribution in [2.24, 2.45) is 5.92 Å². The Labute approximate surface area is 191 Å². The third-order valence-electron chi connectivity index (χ3n) is 6.74. The molecule has 0 aliphatic carbocycles. The van der Waals surface area contributed by atoms with E-state index in [1.807, 2.05) is 0 Å². The van der Waals surface area contributed by atoms with Crippen LogP contribution in [0.4, 0.5) is 0 Å². The van der Waals surface area contributed by atoms with E-state index in [-0.39, 0.29) is 22.8 Å². The second-order valence-electron chi connectivity index (χ2n) is 8.96. The highest BCUT2D eigenvalue weighted by atomic mass is 32.2. The van der Waals surface area contributed by atoms with E-state index in [1.165, 1.54) is 23.2 Å². The van der Waals surface area contributed by atoms with Crippen LogP contribution in [0.5, 0.6) is 11.5 Å². The van der Waals surface area contributed by atoms with E-state index >= 15 is 0 Å². The first-order valence-corrected chi connectivity index (χ1v) is 13.3. The number of unbranched alkanes of at least 4 members (excludes halogenated alkanes) is 1. The molecule has 1 aromatic rings. The molecule has 2 fully saturated rings. The largest absolute Gasteiger partial charge is 0.486 e. The highest BCUT2D eigenvalue weighted by Gasteiger charge is 2.33. The molecule has 3 aliphatic rings. The van der Waals surface area contributed by atoms with Gasteiger partial charge in [-0.05, 0) is 50.8 Å². The van der Waals surface area contributed by atoms with Gasteiger partial charge in [0.25, 0.3) is 0 Å². The molecule has 0 atom stereocenters. The minimum Gasteiger partial charge on any atom is -0.486 e. The van der Waals surface area contributed by atoms with Gasteiger partial charge in [0.15, 0.2) is 11.5 Å². The van der Waals surface area contributed by atoms with Gasteiger partial charge >= 0.3 is 0 Å². The molecule has 0 unspecified atom stereocenters. The Morgan fingerprint density at radius 2 is 1.72 bits per heavy atom. The van der Waals surface area contributed by atoms with Gasteiger partial charge in [0, 0.05) is 44.2 Å². The second-order valence-corrected chi connectivity index (χ2v) is 10.9. The molecule has 8 nitrogen and oxygen atoms in total. The van der Waals surface area contributed by atoms with Crippen molar-refractivity contribution in [3.63, 3.8) is 0 Å². The number of hydrogen-bond donors (Lipinski definition) is 1. The lowest BCUT2D eigenvalue weighted by molar-refractivity contribution is -0.127.